The van der Waals surface area contributed by atoms with Gasteiger partial charge >= 0.3 is 5.97 Å². The van der Waals surface area contributed by atoms with Gasteiger partial charge in [0.05, 0.1) is 5.56 Å². The van der Waals surface area contributed by atoms with Gasteiger partial charge in [0.2, 0.25) is 0 Å². The Morgan fingerprint density at radius 1 is 1.00 bits per heavy atom. The normalized spacial score (nSPS) is 10.2. The summed E-state index contributed by atoms with van der Waals surface area (Å²) < 4.78 is 1.68. The molecular formula is C13H8Br2O2. The zero-order valence-corrected chi connectivity index (χ0v) is 11.8. The smallest absolute Gasteiger partial charge is 0.336 e. The van der Waals surface area contributed by atoms with Crippen LogP contribution in [0.5, 0.6) is 0 Å². The molecule has 2 aromatic rings. The second-order valence-electron chi connectivity index (χ2n) is 3.51. The summed E-state index contributed by atoms with van der Waals surface area (Å²) in [7, 11) is 0. The largest absolute Gasteiger partial charge is 0.478 e. The third-order valence-electron chi connectivity index (χ3n) is 2.35. The number of rotatable bonds is 2. The van der Waals surface area contributed by atoms with Crippen LogP contribution in [0.25, 0.3) is 11.1 Å². The molecule has 2 nitrogen and oxygen atoms in total. The van der Waals surface area contributed by atoms with Crippen molar-refractivity contribution in [2.75, 3.05) is 0 Å². The van der Waals surface area contributed by atoms with Crippen molar-refractivity contribution in [1.29, 1.82) is 0 Å². The van der Waals surface area contributed by atoms with Crippen LogP contribution >= 0.6 is 31.9 Å². The molecule has 0 spiro atoms. The van der Waals surface area contributed by atoms with Crippen molar-refractivity contribution in [2.45, 2.75) is 0 Å². The van der Waals surface area contributed by atoms with Crippen LogP contribution in [0.2, 0.25) is 0 Å². The topological polar surface area (TPSA) is 37.3 Å². The molecule has 0 saturated carbocycles. The lowest BCUT2D eigenvalue weighted by molar-refractivity contribution is 0.0697. The average Bonchev–Trinajstić information content (AvgIpc) is 2.28. The molecule has 0 radical (unpaired) electrons. The van der Waals surface area contributed by atoms with E-state index in [0.29, 0.717) is 5.56 Å². The van der Waals surface area contributed by atoms with Crippen LogP contribution in [0, 0.1) is 0 Å². The van der Waals surface area contributed by atoms with E-state index in [0.717, 1.165) is 14.5 Å². The standard InChI is InChI=1S/C13H8Br2O2/c14-9-3-1-2-8(6-9)11-5-4-10(15)7-12(11)13(16)17/h1-7H,(H,16,17). The molecule has 1 N–H and O–H groups in total. The molecule has 4 heteroatoms. The molecule has 2 aromatic carbocycles. The van der Waals surface area contributed by atoms with E-state index in [4.69, 9.17) is 0 Å². The van der Waals surface area contributed by atoms with E-state index in [1.165, 1.54) is 0 Å². The summed E-state index contributed by atoms with van der Waals surface area (Å²) in [6.07, 6.45) is 0. The van der Waals surface area contributed by atoms with Crippen molar-refractivity contribution in [3.05, 3.63) is 57.0 Å². The molecule has 0 aliphatic rings. The lowest BCUT2D eigenvalue weighted by Gasteiger charge is -2.07. The van der Waals surface area contributed by atoms with E-state index in [1.807, 2.05) is 30.3 Å². The third kappa shape index (κ3) is 2.76. The molecule has 2 rings (SSSR count). The van der Waals surface area contributed by atoms with Gasteiger partial charge in [-0.2, -0.15) is 0 Å². The van der Waals surface area contributed by atoms with Gasteiger partial charge < -0.3 is 5.11 Å². The zero-order valence-electron chi connectivity index (χ0n) is 8.65. The number of carboxylic acids is 1. The van der Waals surface area contributed by atoms with Crippen molar-refractivity contribution < 1.29 is 9.90 Å². The summed E-state index contributed by atoms with van der Waals surface area (Å²) in [5.74, 6) is -0.929. The maximum atomic E-state index is 11.2. The predicted molar refractivity (Wildman–Crippen MR) is 74.2 cm³/mol. The van der Waals surface area contributed by atoms with Gasteiger partial charge in [-0.15, -0.1) is 0 Å². The number of carbonyl (C=O) groups is 1. The lowest BCUT2D eigenvalue weighted by Crippen LogP contribution is -1.99. The Labute approximate surface area is 116 Å². The molecule has 0 amide bonds. The fourth-order valence-corrected chi connectivity index (χ4v) is 2.36. The fraction of sp³-hybridized carbons (Fsp3) is 0. The summed E-state index contributed by atoms with van der Waals surface area (Å²) in [5.41, 5.74) is 1.88. The Hall–Kier alpha value is -1.13. The van der Waals surface area contributed by atoms with E-state index < -0.39 is 5.97 Å². The summed E-state index contributed by atoms with van der Waals surface area (Å²) >= 11 is 6.66. The second kappa shape index (κ2) is 5.02. The summed E-state index contributed by atoms with van der Waals surface area (Å²) in [5, 5.41) is 9.19. The molecule has 0 bridgehead atoms. The van der Waals surface area contributed by atoms with Crippen molar-refractivity contribution in [3.63, 3.8) is 0 Å². The first-order chi connectivity index (χ1) is 8.08. The molecule has 0 heterocycles. The zero-order chi connectivity index (χ0) is 12.4. The van der Waals surface area contributed by atoms with Gasteiger partial charge in [-0.25, -0.2) is 4.79 Å². The van der Waals surface area contributed by atoms with Gasteiger partial charge in [0, 0.05) is 8.95 Å². The number of hydrogen-bond acceptors (Lipinski definition) is 1. The quantitative estimate of drug-likeness (QED) is 0.856. The van der Waals surface area contributed by atoms with Crippen LogP contribution in [0.3, 0.4) is 0 Å². The minimum absolute atomic E-state index is 0.289. The molecule has 0 aliphatic carbocycles. The van der Waals surface area contributed by atoms with Crippen LogP contribution in [-0.4, -0.2) is 11.1 Å². The molecule has 0 fully saturated rings. The van der Waals surface area contributed by atoms with Crippen LogP contribution in [-0.2, 0) is 0 Å². The van der Waals surface area contributed by atoms with Crippen molar-refractivity contribution in [2.24, 2.45) is 0 Å². The molecule has 0 unspecified atom stereocenters. The van der Waals surface area contributed by atoms with E-state index in [9.17, 15) is 9.90 Å². The van der Waals surface area contributed by atoms with E-state index in [-0.39, 0.29) is 5.56 Å². The Morgan fingerprint density at radius 3 is 2.35 bits per heavy atom. The van der Waals surface area contributed by atoms with Crippen molar-refractivity contribution >= 4 is 37.8 Å². The maximum Gasteiger partial charge on any atom is 0.336 e. The van der Waals surface area contributed by atoms with Crippen LogP contribution < -0.4 is 0 Å². The average molecular weight is 356 g/mol. The summed E-state index contributed by atoms with van der Waals surface area (Å²) in [6, 6.07) is 12.8. The van der Waals surface area contributed by atoms with Gasteiger partial charge in [0.1, 0.15) is 0 Å². The Balaban J connectivity index is 2.63. The Morgan fingerprint density at radius 2 is 1.71 bits per heavy atom. The summed E-state index contributed by atoms with van der Waals surface area (Å²) in [6.45, 7) is 0. The van der Waals surface area contributed by atoms with Gasteiger partial charge in [0.15, 0.2) is 0 Å². The summed E-state index contributed by atoms with van der Waals surface area (Å²) in [4.78, 5) is 11.2. The maximum absolute atomic E-state index is 11.2. The van der Waals surface area contributed by atoms with Crippen molar-refractivity contribution in [1.82, 2.24) is 0 Å². The van der Waals surface area contributed by atoms with Gasteiger partial charge in [-0.3, -0.25) is 0 Å². The first kappa shape index (κ1) is 12.3. The minimum Gasteiger partial charge on any atom is -0.478 e. The SMILES string of the molecule is O=C(O)c1cc(Br)ccc1-c1cccc(Br)c1. The van der Waals surface area contributed by atoms with E-state index >= 15 is 0 Å². The van der Waals surface area contributed by atoms with E-state index in [2.05, 4.69) is 31.9 Å². The first-order valence-electron chi connectivity index (χ1n) is 4.87. The highest BCUT2D eigenvalue weighted by atomic mass is 79.9. The molecule has 0 aromatic heterocycles. The predicted octanol–water partition coefficient (Wildman–Crippen LogP) is 4.58. The van der Waals surface area contributed by atoms with E-state index in [1.54, 1.807) is 12.1 Å². The molecule has 86 valence electrons. The highest BCUT2D eigenvalue weighted by molar-refractivity contribution is 9.10. The minimum atomic E-state index is -0.929. The fourth-order valence-electron chi connectivity index (χ4n) is 1.60. The molecule has 0 aliphatic heterocycles. The monoisotopic (exact) mass is 354 g/mol. The second-order valence-corrected chi connectivity index (χ2v) is 5.34. The van der Waals surface area contributed by atoms with Crippen molar-refractivity contribution in [3.8, 4) is 11.1 Å². The molecular weight excluding hydrogens is 348 g/mol. The van der Waals surface area contributed by atoms with Gasteiger partial charge in [0.25, 0.3) is 0 Å². The Bertz CT molecular complexity index is 579. The number of benzene rings is 2. The third-order valence-corrected chi connectivity index (χ3v) is 3.33. The first-order valence-corrected chi connectivity index (χ1v) is 6.45. The highest BCUT2D eigenvalue weighted by Crippen LogP contribution is 2.28. The van der Waals surface area contributed by atoms with Gasteiger partial charge in [-0.1, -0.05) is 50.1 Å². The highest BCUT2D eigenvalue weighted by Gasteiger charge is 2.12. The molecule has 17 heavy (non-hydrogen) atoms. The number of carboxylic acid groups (broad SMARTS) is 1. The van der Waals surface area contributed by atoms with Crippen LogP contribution in [0.15, 0.2) is 51.4 Å². The molecule has 0 atom stereocenters. The number of hydrogen-bond donors (Lipinski definition) is 1. The Kier molecular flexibility index (Phi) is 3.64. The van der Waals surface area contributed by atoms with Crippen LogP contribution in [0.4, 0.5) is 0 Å². The number of aromatic carboxylic acids is 1. The van der Waals surface area contributed by atoms with Gasteiger partial charge in [-0.05, 0) is 35.4 Å². The lowest BCUT2D eigenvalue weighted by atomic mass is 10.00. The molecule has 0 saturated heterocycles. The van der Waals surface area contributed by atoms with Crippen LogP contribution in [0.1, 0.15) is 10.4 Å². The number of halogens is 2.